The fourth-order valence-corrected chi connectivity index (χ4v) is 3.16. The third-order valence-electron chi connectivity index (χ3n) is 4.13. The van der Waals surface area contributed by atoms with Crippen molar-refractivity contribution in [3.05, 3.63) is 28.8 Å². The normalized spacial score (nSPS) is 17.2. The van der Waals surface area contributed by atoms with E-state index in [1.54, 1.807) is 32.2 Å². The number of rotatable bonds is 4. The molecule has 7 nitrogen and oxygen atoms in total. The van der Waals surface area contributed by atoms with Crippen molar-refractivity contribution in [3.8, 4) is 0 Å². The van der Waals surface area contributed by atoms with Gasteiger partial charge in [-0.25, -0.2) is 4.79 Å². The minimum atomic E-state index is -4.59. The smallest absolute Gasteiger partial charge is 0.408 e. The van der Waals surface area contributed by atoms with Crippen molar-refractivity contribution in [3.63, 3.8) is 0 Å². The monoisotopic (exact) mass is 449 g/mol. The SMILES string of the molecule is C[C@H](NC(=O)OC(C)(C)C)C(=O)N1c2ccc(Cl)cc2C[C@@H]1C(=O)NCC(F)(F)F. The van der Waals surface area contributed by atoms with Crippen LogP contribution in [0.5, 0.6) is 0 Å². The van der Waals surface area contributed by atoms with Gasteiger partial charge in [0, 0.05) is 17.1 Å². The summed E-state index contributed by atoms with van der Waals surface area (Å²) in [6.45, 7) is 4.83. The van der Waals surface area contributed by atoms with Crippen molar-refractivity contribution in [1.29, 1.82) is 0 Å². The van der Waals surface area contributed by atoms with Gasteiger partial charge in [0.2, 0.25) is 11.8 Å². The number of ether oxygens (including phenoxy) is 1. The van der Waals surface area contributed by atoms with Gasteiger partial charge in [-0.15, -0.1) is 0 Å². The Morgan fingerprint density at radius 2 is 1.90 bits per heavy atom. The number of amides is 3. The van der Waals surface area contributed by atoms with Crippen LogP contribution in [0.15, 0.2) is 18.2 Å². The molecule has 0 aliphatic carbocycles. The van der Waals surface area contributed by atoms with Gasteiger partial charge in [0.1, 0.15) is 24.2 Å². The van der Waals surface area contributed by atoms with Gasteiger partial charge < -0.3 is 15.4 Å². The van der Waals surface area contributed by atoms with Gasteiger partial charge in [-0.2, -0.15) is 13.2 Å². The maximum Gasteiger partial charge on any atom is 0.408 e. The molecule has 1 heterocycles. The summed E-state index contributed by atoms with van der Waals surface area (Å²) < 4.78 is 42.6. The predicted octanol–water partition coefficient (Wildman–Crippen LogP) is 3.19. The van der Waals surface area contributed by atoms with Crippen LogP contribution < -0.4 is 15.5 Å². The van der Waals surface area contributed by atoms with Crippen molar-refractivity contribution in [2.24, 2.45) is 0 Å². The molecule has 0 spiro atoms. The van der Waals surface area contributed by atoms with Crippen LogP contribution >= 0.6 is 11.6 Å². The highest BCUT2D eigenvalue weighted by molar-refractivity contribution is 6.30. The number of alkyl halides is 3. The topological polar surface area (TPSA) is 87.7 Å². The average molecular weight is 450 g/mol. The summed E-state index contributed by atoms with van der Waals surface area (Å²) >= 11 is 5.97. The quantitative estimate of drug-likeness (QED) is 0.739. The number of halogens is 4. The van der Waals surface area contributed by atoms with Gasteiger partial charge in [-0.3, -0.25) is 14.5 Å². The molecular formula is C19H23ClF3N3O4. The van der Waals surface area contributed by atoms with E-state index in [0.29, 0.717) is 16.3 Å². The first kappa shape index (κ1) is 23.8. The van der Waals surface area contributed by atoms with Crippen LogP contribution in [0.1, 0.15) is 33.3 Å². The van der Waals surface area contributed by atoms with E-state index in [4.69, 9.17) is 16.3 Å². The highest BCUT2D eigenvalue weighted by Gasteiger charge is 2.41. The molecule has 0 unspecified atom stereocenters. The van der Waals surface area contributed by atoms with E-state index in [2.05, 4.69) is 5.32 Å². The molecule has 0 fully saturated rings. The molecule has 30 heavy (non-hydrogen) atoms. The fourth-order valence-electron chi connectivity index (χ4n) is 2.96. The molecule has 3 amide bonds. The van der Waals surface area contributed by atoms with Crippen LogP contribution in [0, 0.1) is 0 Å². The number of nitrogens with zero attached hydrogens (tertiary/aromatic N) is 1. The van der Waals surface area contributed by atoms with Gasteiger partial charge in [-0.1, -0.05) is 11.6 Å². The minimum absolute atomic E-state index is 0.00944. The van der Waals surface area contributed by atoms with E-state index in [1.807, 2.05) is 0 Å². The Labute approximate surface area is 176 Å². The summed E-state index contributed by atoms with van der Waals surface area (Å²) in [6, 6.07) is 2.24. The van der Waals surface area contributed by atoms with Gasteiger partial charge in [0.15, 0.2) is 0 Å². The van der Waals surface area contributed by atoms with Crippen LogP contribution in [0.25, 0.3) is 0 Å². The lowest BCUT2D eigenvalue weighted by Gasteiger charge is -2.28. The lowest BCUT2D eigenvalue weighted by Crippen LogP contribution is -2.55. The Bertz CT molecular complexity index is 839. The molecule has 1 aromatic carbocycles. The van der Waals surface area contributed by atoms with Gasteiger partial charge >= 0.3 is 12.3 Å². The molecule has 0 aromatic heterocycles. The number of anilines is 1. The second-order valence-electron chi connectivity index (χ2n) is 7.90. The van der Waals surface area contributed by atoms with E-state index in [1.165, 1.54) is 19.1 Å². The molecule has 0 bridgehead atoms. The van der Waals surface area contributed by atoms with E-state index in [0.717, 1.165) is 4.90 Å². The number of hydrogen-bond donors (Lipinski definition) is 2. The van der Waals surface area contributed by atoms with Crippen LogP contribution in [0.3, 0.4) is 0 Å². The van der Waals surface area contributed by atoms with Crippen molar-refractivity contribution in [1.82, 2.24) is 10.6 Å². The number of fused-ring (bicyclic) bond motifs is 1. The summed E-state index contributed by atoms with van der Waals surface area (Å²) in [6.07, 6.45) is -5.44. The van der Waals surface area contributed by atoms with Gasteiger partial charge in [0.25, 0.3) is 0 Å². The number of benzene rings is 1. The first-order chi connectivity index (χ1) is 13.7. The zero-order chi connectivity index (χ0) is 22.9. The Morgan fingerprint density at radius 3 is 2.47 bits per heavy atom. The average Bonchev–Trinajstić information content (AvgIpc) is 2.94. The van der Waals surface area contributed by atoms with Crippen LogP contribution in [0.2, 0.25) is 5.02 Å². The lowest BCUT2D eigenvalue weighted by molar-refractivity contribution is -0.139. The molecule has 1 aliphatic heterocycles. The molecule has 2 N–H and O–H groups in total. The van der Waals surface area contributed by atoms with E-state index >= 15 is 0 Å². The summed E-state index contributed by atoms with van der Waals surface area (Å²) in [4.78, 5) is 38.5. The molecule has 11 heteroatoms. The lowest BCUT2D eigenvalue weighted by atomic mass is 10.1. The molecule has 2 atom stereocenters. The summed E-state index contributed by atoms with van der Waals surface area (Å²) in [7, 11) is 0. The first-order valence-corrected chi connectivity index (χ1v) is 9.51. The van der Waals surface area contributed by atoms with E-state index in [-0.39, 0.29) is 6.42 Å². The summed E-state index contributed by atoms with van der Waals surface area (Å²) in [5.41, 5.74) is 0.0889. The standard InChI is InChI=1S/C19H23ClF3N3O4/c1-10(25-17(29)30-18(2,3)4)16(28)26-13-6-5-12(20)7-11(13)8-14(26)15(27)24-9-19(21,22)23/h5-7,10,14H,8-9H2,1-4H3,(H,24,27)(H,25,29)/t10-,14+/m0/s1. The number of nitrogens with one attached hydrogen (secondary N) is 2. The molecule has 166 valence electrons. The summed E-state index contributed by atoms with van der Waals surface area (Å²) in [5.74, 6) is -1.63. The zero-order valence-electron chi connectivity index (χ0n) is 16.9. The Morgan fingerprint density at radius 1 is 1.27 bits per heavy atom. The fraction of sp³-hybridized carbons (Fsp3) is 0.526. The number of carbonyl (C=O) groups is 3. The summed E-state index contributed by atoms with van der Waals surface area (Å²) in [5, 5.41) is 4.55. The second kappa shape index (κ2) is 8.71. The largest absolute Gasteiger partial charge is 0.444 e. The number of alkyl carbamates (subject to hydrolysis) is 1. The first-order valence-electron chi connectivity index (χ1n) is 9.13. The van der Waals surface area contributed by atoms with Crippen LogP contribution in [-0.2, 0) is 20.7 Å². The molecule has 0 saturated carbocycles. The molecule has 0 radical (unpaired) electrons. The van der Waals surface area contributed by atoms with Crippen molar-refractivity contribution >= 4 is 35.2 Å². The van der Waals surface area contributed by atoms with Crippen LogP contribution in [0.4, 0.5) is 23.7 Å². The van der Waals surface area contributed by atoms with E-state index < -0.39 is 48.3 Å². The molecule has 2 rings (SSSR count). The van der Waals surface area contributed by atoms with Gasteiger partial charge in [0.05, 0.1) is 0 Å². The minimum Gasteiger partial charge on any atom is -0.444 e. The van der Waals surface area contributed by atoms with E-state index in [9.17, 15) is 27.6 Å². The predicted molar refractivity (Wildman–Crippen MR) is 104 cm³/mol. The Balaban J connectivity index is 2.24. The highest BCUT2D eigenvalue weighted by atomic mass is 35.5. The molecule has 1 aliphatic rings. The maximum absolute atomic E-state index is 13.0. The highest BCUT2D eigenvalue weighted by Crippen LogP contribution is 2.35. The second-order valence-corrected chi connectivity index (χ2v) is 8.34. The maximum atomic E-state index is 13.0. The third kappa shape index (κ3) is 6.25. The number of carbonyl (C=O) groups excluding carboxylic acids is 3. The Hall–Kier alpha value is -2.49. The zero-order valence-corrected chi connectivity index (χ0v) is 17.6. The van der Waals surface area contributed by atoms with Crippen molar-refractivity contribution in [2.45, 2.75) is 58.0 Å². The molecule has 0 saturated heterocycles. The van der Waals surface area contributed by atoms with Crippen LogP contribution in [-0.4, -0.2) is 48.3 Å². The van der Waals surface area contributed by atoms with Crippen molar-refractivity contribution in [2.75, 3.05) is 11.4 Å². The Kier molecular flexibility index (Phi) is 6.90. The third-order valence-corrected chi connectivity index (χ3v) is 4.37. The molecular weight excluding hydrogens is 427 g/mol. The molecule has 1 aromatic rings. The van der Waals surface area contributed by atoms with Gasteiger partial charge in [-0.05, 0) is 51.5 Å². The van der Waals surface area contributed by atoms with Crippen molar-refractivity contribution < 1.29 is 32.3 Å². The number of hydrogen-bond acceptors (Lipinski definition) is 4.